The van der Waals surface area contributed by atoms with Gasteiger partial charge in [0.05, 0.1) is 12.9 Å². The summed E-state index contributed by atoms with van der Waals surface area (Å²) in [5, 5.41) is 8.77. The second-order valence-electron chi connectivity index (χ2n) is 3.38. The first kappa shape index (κ1) is 11.4. The molecule has 2 rings (SSSR count). The minimum Gasteiger partial charge on any atom is -0.485 e. The Morgan fingerprint density at radius 1 is 1.53 bits per heavy atom. The Morgan fingerprint density at radius 2 is 2.41 bits per heavy atom. The van der Waals surface area contributed by atoms with E-state index in [1.165, 1.54) is 12.3 Å². The van der Waals surface area contributed by atoms with Crippen molar-refractivity contribution >= 4 is 0 Å². The quantitative estimate of drug-likeness (QED) is 0.813. The topological polar surface area (TPSA) is 77.5 Å². The first-order valence-corrected chi connectivity index (χ1v) is 5.10. The number of imidazole rings is 1. The number of aliphatic hydroxyl groups excluding tert-OH is 1. The molecule has 0 atom stereocenters. The van der Waals surface area contributed by atoms with E-state index >= 15 is 0 Å². The Morgan fingerprint density at radius 3 is 3.06 bits per heavy atom. The summed E-state index contributed by atoms with van der Waals surface area (Å²) in [7, 11) is 0. The minimum absolute atomic E-state index is 0.141. The summed E-state index contributed by atoms with van der Waals surface area (Å²) in [6.07, 6.45) is 6.35. The number of aromatic nitrogens is 2. The van der Waals surface area contributed by atoms with E-state index in [9.17, 15) is 4.79 Å². The highest BCUT2D eigenvalue weighted by atomic mass is 16.5. The Hall–Kier alpha value is -2.08. The van der Waals surface area contributed by atoms with Gasteiger partial charge in [0.1, 0.15) is 25.2 Å². The third kappa shape index (κ3) is 2.94. The molecule has 0 saturated heterocycles. The average Bonchev–Trinajstić information content (AvgIpc) is 2.84. The summed E-state index contributed by atoms with van der Waals surface area (Å²) in [5.41, 5.74) is -0.300. The Kier molecular flexibility index (Phi) is 3.56. The molecule has 0 saturated carbocycles. The first-order chi connectivity index (χ1) is 8.29. The second kappa shape index (κ2) is 5.31. The number of rotatable bonds is 5. The van der Waals surface area contributed by atoms with Gasteiger partial charge in [0, 0.05) is 18.5 Å². The van der Waals surface area contributed by atoms with Crippen molar-refractivity contribution < 1.29 is 14.3 Å². The fourth-order valence-electron chi connectivity index (χ4n) is 1.31. The molecule has 0 fully saturated rings. The van der Waals surface area contributed by atoms with Crippen LogP contribution in [0, 0.1) is 0 Å². The zero-order chi connectivity index (χ0) is 12.1. The summed E-state index contributed by atoms with van der Waals surface area (Å²) in [6, 6.07) is 1.21. The van der Waals surface area contributed by atoms with Crippen LogP contribution in [0.3, 0.4) is 0 Å². The molecule has 0 amide bonds. The molecule has 6 nitrogen and oxygen atoms in total. The number of hydrogen-bond acceptors (Lipinski definition) is 5. The van der Waals surface area contributed by atoms with E-state index in [2.05, 4.69) is 4.98 Å². The van der Waals surface area contributed by atoms with E-state index in [4.69, 9.17) is 14.3 Å². The van der Waals surface area contributed by atoms with Crippen LogP contribution in [0.1, 0.15) is 5.76 Å². The molecule has 6 heteroatoms. The SMILES string of the molecule is O=c1cc(CO)occ1OCCn1ccnc1. The van der Waals surface area contributed by atoms with Crippen molar-refractivity contribution in [3.05, 3.63) is 47.0 Å². The number of nitrogens with zero attached hydrogens (tertiary/aromatic N) is 2. The lowest BCUT2D eigenvalue weighted by Gasteiger charge is -2.05. The lowest BCUT2D eigenvalue weighted by atomic mass is 10.4. The highest BCUT2D eigenvalue weighted by Crippen LogP contribution is 2.05. The predicted molar refractivity (Wildman–Crippen MR) is 58.6 cm³/mol. The van der Waals surface area contributed by atoms with Gasteiger partial charge in [0.2, 0.25) is 11.2 Å². The van der Waals surface area contributed by atoms with Crippen molar-refractivity contribution in [3.8, 4) is 5.75 Å². The van der Waals surface area contributed by atoms with Gasteiger partial charge in [-0.2, -0.15) is 0 Å². The largest absolute Gasteiger partial charge is 0.485 e. The maximum absolute atomic E-state index is 11.5. The van der Waals surface area contributed by atoms with Crippen LogP contribution < -0.4 is 10.2 Å². The van der Waals surface area contributed by atoms with Crippen molar-refractivity contribution in [2.75, 3.05) is 6.61 Å². The molecule has 2 aromatic heterocycles. The van der Waals surface area contributed by atoms with Gasteiger partial charge in [-0.05, 0) is 0 Å². The summed E-state index contributed by atoms with van der Waals surface area (Å²) >= 11 is 0. The van der Waals surface area contributed by atoms with Crippen LogP contribution in [0.2, 0.25) is 0 Å². The van der Waals surface area contributed by atoms with Crippen LogP contribution in [0.15, 0.2) is 40.3 Å². The summed E-state index contributed by atoms with van der Waals surface area (Å²) in [4.78, 5) is 15.4. The van der Waals surface area contributed by atoms with Crippen LogP contribution in [-0.4, -0.2) is 21.3 Å². The Bertz CT molecular complexity index is 519. The minimum atomic E-state index is -0.301. The van der Waals surface area contributed by atoms with Gasteiger partial charge in [-0.25, -0.2) is 4.98 Å². The van der Waals surface area contributed by atoms with Gasteiger partial charge in [-0.3, -0.25) is 4.79 Å². The van der Waals surface area contributed by atoms with Crippen LogP contribution in [0.25, 0.3) is 0 Å². The molecule has 0 aliphatic heterocycles. The summed E-state index contributed by atoms with van der Waals surface area (Å²) < 4.78 is 12.1. The number of hydrogen-bond donors (Lipinski definition) is 1. The Labute approximate surface area is 97.1 Å². The molecule has 90 valence electrons. The maximum atomic E-state index is 11.5. The van der Waals surface area contributed by atoms with Crippen LogP contribution in [-0.2, 0) is 13.2 Å². The molecule has 0 aliphatic rings. The number of aliphatic hydroxyl groups is 1. The van der Waals surface area contributed by atoms with Crippen molar-refractivity contribution in [1.29, 1.82) is 0 Å². The molecule has 1 N–H and O–H groups in total. The Balaban J connectivity index is 1.93. The average molecular weight is 236 g/mol. The van der Waals surface area contributed by atoms with E-state index < -0.39 is 0 Å². The highest BCUT2D eigenvalue weighted by molar-refractivity contribution is 5.17. The molecule has 0 aromatic carbocycles. The monoisotopic (exact) mass is 236 g/mol. The van der Waals surface area contributed by atoms with Gasteiger partial charge in [0.25, 0.3) is 0 Å². The van der Waals surface area contributed by atoms with Gasteiger partial charge < -0.3 is 18.8 Å². The molecule has 2 aromatic rings. The standard InChI is InChI=1S/C11H12N2O4/c14-6-9-5-10(15)11(7-17-9)16-4-3-13-2-1-12-8-13/h1-2,5,7-8,14H,3-4,6H2. The smallest absolute Gasteiger partial charge is 0.227 e. The van der Waals surface area contributed by atoms with Crippen molar-refractivity contribution in [1.82, 2.24) is 9.55 Å². The lowest BCUT2D eigenvalue weighted by molar-refractivity contribution is 0.236. The fourth-order valence-corrected chi connectivity index (χ4v) is 1.31. The van der Waals surface area contributed by atoms with E-state index in [-0.39, 0.29) is 23.5 Å². The molecule has 0 unspecified atom stereocenters. The van der Waals surface area contributed by atoms with Crippen molar-refractivity contribution in [2.45, 2.75) is 13.2 Å². The third-order valence-electron chi connectivity index (χ3n) is 2.17. The zero-order valence-corrected chi connectivity index (χ0v) is 9.07. The van der Waals surface area contributed by atoms with E-state index in [0.29, 0.717) is 13.2 Å². The van der Waals surface area contributed by atoms with Gasteiger partial charge >= 0.3 is 0 Å². The van der Waals surface area contributed by atoms with Gasteiger partial charge in [0.15, 0.2) is 0 Å². The first-order valence-electron chi connectivity index (χ1n) is 5.10. The molecule has 0 radical (unpaired) electrons. The molecule has 2 heterocycles. The molecule has 17 heavy (non-hydrogen) atoms. The third-order valence-corrected chi connectivity index (χ3v) is 2.17. The maximum Gasteiger partial charge on any atom is 0.227 e. The van der Waals surface area contributed by atoms with Gasteiger partial charge in [-0.15, -0.1) is 0 Å². The van der Waals surface area contributed by atoms with E-state index in [1.54, 1.807) is 18.7 Å². The van der Waals surface area contributed by atoms with Gasteiger partial charge in [-0.1, -0.05) is 0 Å². The van der Waals surface area contributed by atoms with Crippen molar-refractivity contribution in [2.24, 2.45) is 0 Å². The van der Waals surface area contributed by atoms with Crippen LogP contribution in [0.5, 0.6) is 5.75 Å². The van der Waals surface area contributed by atoms with Crippen LogP contribution in [0.4, 0.5) is 0 Å². The van der Waals surface area contributed by atoms with Crippen molar-refractivity contribution in [3.63, 3.8) is 0 Å². The molecule has 0 spiro atoms. The molecule has 0 bridgehead atoms. The normalized spacial score (nSPS) is 10.4. The number of ether oxygens (including phenoxy) is 1. The second-order valence-corrected chi connectivity index (χ2v) is 3.38. The molecular weight excluding hydrogens is 224 g/mol. The fraction of sp³-hybridized carbons (Fsp3) is 0.273. The molecular formula is C11H12N2O4. The lowest BCUT2D eigenvalue weighted by Crippen LogP contribution is -2.12. The van der Waals surface area contributed by atoms with Crippen LogP contribution >= 0.6 is 0 Å². The van der Waals surface area contributed by atoms with E-state index in [1.807, 2.05) is 4.57 Å². The zero-order valence-electron chi connectivity index (χ0n) is 9.07. The summed E-state index contributed by atoms with van der Waals surface area (Å²) in [6.45, 7) is 0.644. The van der Waals surface area contributed by atoms with E-state index in [0.717, 1.165) is 0 Å². The molecule has 0 aliphatic carbocycles. The predicted octanol–water partition coefficient (Wildman–Crippen LogP) is 0.408. The summed E-state index contributed by atoms with van der Waals surface area (Å²) in [5.74, 6) is 0.360. The highest BCUT2D eigenvalue weighted by Gasteiger charge is 2.03.